The van der Waals surface area contributed by atoms with Crippen molar-refractivity contribution < 1.29 is 0 Å². The van der Waals surface area contributed by atoms with Crippen LogP contribution in [0.25, 0.3) is 10.9 Å². The molecular weight excluding hydrogens is 242 g/mol. The number of nitrogens with one attached hydrogen (secondary N) is 1. The third-order valence-corrected chi connectivity index (χ3v) is 3.94. The third-order valence-electron chi connectivity index (χ3n) is 3.94. The zero-order valence-corrected chi connectivity index (χ0v) is 11.1. The molecule has 2 aromatic rings. The molecule has 0 spiro atoms. The van der Waals surface area contributed by atoms with Crippen LogP contribution in [0.3, 0.4) is 0 Å². The van der Waals surface area contributed by atoms with Gasteiger partial charge in [0.05, 0.1) is 16.9 Å². The lowest BCUT2D eigenvalue weighted by molar-refractivity contribution is 0.493. The Kier molecular flexibility index (Phi) is 2.78. The molecule has 1 aromatic carbocycles. The number of fused-ring (bicyclic) bond motifs is 1. The van der Waals surface area contributed by atoms with Gasteiger partial charge < -0.3 is 5.32 Å². The van der Waals surface area contributed by atoms with Crippen LogP contribution >= 0.6 is 0 Å². The predicted octanol–water partition coefficient (Wildman–Crippen LogP) is 0.543. The summed E-state index contributed by atoms with van der Waals surface area (Å²) in [6.45, 7) is 3.45. The largest absolute Gasteiger partial charge is 0.331 e. The molecular formula is C14H17N3O2. The lowest BCUT2D eigenvalue weighted by Gasteiger charge is -2.16. The normalized spacial score (nSPS) is 19.2. The molecule has 5 heteroatoms. The second kappa shape index (κ2) is 4.35. The molecule has 1 aliphatic rings. The highest BCUT2D eigenvalue weighted by molar-refractivity contribution is 5.81. The van der Waals surface area contributed by atoms with Crippen LogP contribution in [0.1, 0.15) is 18.0 Å². The highest BCUT2D eigenvalue weighted by Crippen LogP contribution is 2.15. The number of aromatic nitrogens is 2. The zero-order chi connectivity index (χ0) is 13.6. The Bertz CT molecular complexity index is 752. The van der Waals surface area contributed by atoms with Gasteiger partial charge in [-0.15, -0.1) is 0 Å². The minimum atomic E-state index is -0.225. The molecule has 1 aliphatic heterocycles. The van der Waals surface area contributed by atoms with E-state index in [-0.39, 0.29) is 17.3 Å². The van der Waals surface area contributed by atoms with Gasteiger partial charge in [-0.3, -0.25) is 13.9 Å². The summed E-state index contributed by atoms with van der Waals surface area (Å²) in [5.74, 6) is 0. The molecule has 19 heavy (non-hydrogen) atoms. The van der Waals surface area contributed by atoms with Crippen LogP contribution < -0.4 is 16.6 Å². The van der Waals surface area contributed by atoms with Gasteiger partial charge in [-0.1, -0.05) is 12.1 Å². The molecule has 5 nitrogen and oxygen atoms in total. The number of benzene rings is 1. The maximum atomic E-state index is 12.6. The maximum Gasteiger partial charge on any atom is 0.331 e. The first-order chi connectivity index (χ1) is 9.11. The number of aryl methyl sites for hydroxylation is 2. The zero-order valence-electron chi connectivity index (χ0n) is 11.1. The molecule has 1 N–H and O–H groups in total. The molecule has 0 bridgehead atoms. The summed E-state index contributed by atoms with van der Waals surface area (Å²) in [5.41, 5.74) is 1.23. The topological polar surface area (TPSA) is 56.0 Å². The molecule has 1 fully saturated rings. The Morgan fingerprint density at radius 1 is 1.32 bits per heavy atom. The van der Waals surface area contributed by atoms with Crippen LogP contribution in [0.5, 0.6) is 0 Å². The summed E-state index contributed by atoms with van der Waals surface area (Å²) < 4.78 is 2.98. The minimum absolute atomic E-state index is 0.0322. The van der Waals surface area contributed by atoms with Crippen LogP contribution in [0.4, 0.5) is 0 Å². The van der Waals surface area contributed by atoms with Crippen molar-refractivity contribution in [1.29, 1.82) is 0 Å². The number of rotatable bonds is 1. The quantitative estimate of drug-likeness (QED) is 0.813. The smallest absolute Gasteiger partial charge is 0.315 e. The molecule has 2 heterocycles. The van der Waals surface area contributed by atoms with Crippen LogP contribution in [0.2, 0.25) is 0 Å². The van der Waals surface area contributed by atoms with Gasteiger partial charge in [0, 0.05) is 13.6 Å². The fraction of sp³-hybridized carbons (Fsp3) is 0.429. The lowest BCUT2D eigenvalue weighted by Crippen LogP contribution is -2.42. The summed E-state index contributed by atoms with van der Waals surface area (Å²) in [4.78, 5) is 25.0. The Morgan fingerprint density at radius 2 is 2.11 bits per heavy atom. The van der Waals surface area contributed by atoms with Crippen molar-refractivity contribution in [2.45, 2.75) is 19.4 Å². The Hall–Kier alpha value is -1.88. The van der Waals surface area contributed by atoms with Crippen LogP contribution in [0, 0.1) is 6.92 Å². The van der Waals surface area contributed by atoms with Crippen molar-refractivity contribution in [1.82, 2.24) is 14.5 Å². The lowest BCUT2D eigenvalue weighted by atomic mass is 10.1. The number of hydrogen-bond donors (Lipinski definition) is 1. The van der Waals surface area contributed by atoms with Crippen LogP contribution in [-0.2, 0) is 7.05 Å². The molecule has 3 rings (SSSR count). The van der Waals surface area contributed by atoms with E-state index < -0.39 is 0 Å². The van der Waals surface area contributed by atoms with E-state index in [1.807, 2.05) is 25.1 Å². The molecule has 0 radical (unpaired) electrons. The Balaban J connectivity index is 2.43. The van der Waals surface area contributed by atoms with Gasteiger partial charge in [0.15, 0.2) is 0 Å². The summed E-state index contributed by atoms with van der Waals surface area (Å²) in [6, 6.07) is 5.57. The number of nitrogens with zero attached hydrogens (tertiary/aromatic N) is 2. The summed E-state index contributed by atoms with van der Waals surface area (Å²) in [5, 5.41) is 3.85. The molecule has 1 unspecified atom stereocenters. The van der Waals surface area contributed by atoms with E-state index in [1.165, 1.54) is 4.57 Å². The predicted molar refractivity (Wildman–Crippen MR) is 74.7 cm³/mol. The van der Waals surface area contributed by atoms with Gasteiger partial charge in [0.25, 0.3) is 5.56 Å². The van der Waals surface area contributed by atoms with E-state index in [4.69, 9.17) is 0 Å². The summed E-state index contributed by atoms with van der Waals surface area (Å²) in [7, 11) is 1.72. The molecule has 0 amide bonds. The van der Waals surface area contributed by atoms with E-state index >= 15 is 0 Å². The monoisotopic (exact) mass is 259 g/mol. The van der Waals surface area contributed by atoms with Gasteiger partial charge in [-0.25, -0.2) is 4.79 Å². The summed E-state index contributed by atoms with van der Waals surface area (Å²) >= 11 is 0. The average molecular weight is 259 g/mol. The van der Waals surface area contributed by atoms with Crippen molar-refractivity contribution in [2.24, 2.45) is 7.05 Å². The van der Waals surface area contributed by atoms with E-state index in [0.29, 0.717) is 17.4 Å². The molecule has 1 saturated heterocycles. The van der Waals surface area contributed by atoms with Crippen molar-refractivity contribution in [2.75, 3.05) is 13.1 Å². The molecule has 1 atom stereocenters. The Labute approximate surface area is 110 Å². The highest BCUT2D eigenvalue weighted by atomic mass is 16.2. The first-order valence-corrected chi connectivity index (χ1v) is 6.53. The molecule has 1 aromatic heterocycles. The van der Waals surface area contributed by atoms with Crippen molar-refractivity contribution in [3.05, 3.63) is 44.6 Å². The standard InChI is InChI=1S/C14H17N3O2/c1-9-4-3-5-11-12(9)13(18)17(14(19)16(11)2)10-6-7-15-8-10/h3-5,10,15H,6-8H2,1-2H3. The first-order valence-electron chi connectivity index (χ1n) is 6.53. The Morgan fingerprint density at radius 3 is 2.79 bits per heavy atom. The van der Waals surface area contributed by atoms with Gasteiger partial charge in [-0.05, 0) is 31.5 Å². The maximum absolute atomic E-state index is 12.6. The summed E-state index contributed by atoms with van der Waals surface area (Å²) in [6.07, 6.45) is 0.826. The van der Waals surface area contributed by atoms with E-state index in [0.717, 1.165) is 18.5 Å². The third kappa shape index (κ3) is 1.73. The molecule has 0 saturated carbocycles. The van der Waals surface area contributed by atoms with Gasteiger partial charge in [0.2, 0.25) is 0 Å². The molecule has 100 valence electrons. The van der Waals surface area contributed by atoms with Crippen molar-refractivity contribution in [3.63, 3.8) is 0 Å². The highest BCUT2D eigenvalue weighted by Gasteiger charge is 2.22. The average Bonchev–Trinajstić information content (AvgIpc) is 2.90. The van der Waals surface area contributed by atoms with E-state index in [2.05, 4.69) is 5.32 Å². The van der Waals surface area contributed by atoms with Crippen LogP contribution in [-0.4, -0.2) is 22.2 Å². The minimum Gasteiger partial charge on any atom is -0.315 e. The van der Waals surface area contributed by atoms with Gasteiger partial charge in [0.1, 0.15) is 0 Å². The van der Waals surface area contributed by atoms with E-state index in [9.17, 15) is 9.59 Å². The molecule has 0 aliphatic carbocycles. The fourth-order valence-electron chi connectivity index (χ4n) is 2.86. The second-order valence-electron chi connectivity index (χ2n) is 5.13. The van der Waals surface area contributed by atoms with Crippen molar-refractivity contribution in [3.8, 4) is 0 Å². The number of hydrogen-bond acceptors (Lipinski definition) is 3. The fourth-order valence-corrected chi connectivity index (χ4v) is 2.86. The van der Waals surface area contributed by atoms with Crippen LogP contribution in [0.15, 0.2) is 27.8 Å². The first kappa shape index (κ1) is 12.2. The van der Waals surface area contributed by atoms with Crippen molar-refractivity contribution >= 4 is 10.9 Å². The second-order valence-corrected chi connectivity index (χ2v) is 5.13. The van der Waals surface area contributed by atoms with Gasteiger partial charge >= 0.3 is 5.69 Å². The van der Waals surface area contributed by atoms with Gasteiger partial charge in [-0.2, -0.15) is 0 Å². The van der Waals surface area contributed by atoms with E-state index in [1.54, 1.807) is 11.6 Å². The SMILES string of the molecule is Cc1cccc2c1c(=O)n(C1CCNC1)c(=O)n2C.